The molecule has 1 heteroatoms. The number of hydrogen-bond acceptors (Lipinski definition) is 1. The number of nitrogens with one attached hydrogen (secondary N) is 1. The van der Waals surface area contributed by atoms with E-state index in [1.807, 2.05) is 0 Å². The molecule has 2 fully saturated rings. The Bertz CT molecular complexity index is 153. The maximum Gasteiger partial charge on any atom is 0.00671 e. The van der Waals surface area contributed by atoms with Crippen LogP contribution in [0.1, 0.15) is 58.3 Å². The lowest BCUT2D eigenvalue weighted by molar-refractivity contribution is 0.274. The molecule has 2 rings (SSSR count). The Morgan fingerprint density at radius 3 is 2.21 bits per heavy atom. The van der Waals surface area contributed by atoms with Crippen LogP contribution in [0.3, 0.4) is 0 Å². The smallest absolute Gasteiger partial charge is 0.00671 e. The minimum atomic E-state index is 0.870. The highest BCUT2D eigenvalue weighted by Crippen LogP contribution is 2.28. The maximum absolute atomic E-state index is 3.77. The van der Waals surface area contributed by atoms with Crippen molar-refractivity contribution in [1.82, 2.24) is 5.32 Å². The quantitative estimate of drug-likeness (QED) is 0.728. The second-order valence-electron chi connectivity index (χ2n) is 5.52. The van der Waals surface area contributed by atoms with Gasteiger partial charge in [0.2, 0.25) is 0 Å². The maximum atomic E-state index is 3.77. The highest BCUT2D eigenvalue weighted by Gasteiger charge is 2.20. The molecule has 0 atom stereocenters. The predicted octanol–water partition coefficient (Wildman–Crippen LogP) is 3.34. The summed E-state index contributed by atoms with van der Waals surface area (Å²) in [5.41, 5.74) is 0. The topological polar surface area (TPSA) is 12.0 Å². The summed E-state index contributed by atoms with van der Waals surface area (Å²) in [5.74, 6) is 1.99. The summed E-state index contributed by atoms with van der Waals surface area (Å²) in [7, 11) is 0. The van der Waals surface area contributed by atoms with E-state index >= 15 is 0 Å². The van der Waals surface area contributed by atoms with Gasteiger partial charge in [0.25, 0.3) is 0 Å². The Morgan fingerprint density at radius 1 is 0.929 bits per heavy atom. The summed E-state index contributed by atoms with van der Waals surface area (Å²) in [4.78, 5) is 0. The molecule has 14 heavy (non-hydrogen) atoms. The summed E-state index contributed by atoms with van der Waals surface area (Å²) in [6, 6.07) is 0.870. The van der Waals surface area contributed by atoms with Crippen LogP contribution in [0.2, 0.25) is 0 Å². The van der Waals surface area contributed by atoms with Gasteiger partial charge >= 0.3 is 0 Å². The monoisotopic (exact) mass is 195 g/mol. The molecule has 0 saturated heterocycles. The van der Waals surface area contributed by atoms with Gasteiger partial charge in [0.1, 0.15) is 0 Å². The lowest BCUT2D eigenvalue weighted by Gasteiger charge is -2.27. The SMILES string of the molecule is CC1CCC(CNC2CCCC2)CC1. The van der Waals surface area contributed by atoms with Crippen molar-refractivity contribution in [3.8, 4) is 0 Å². The molecule has 0 amide bonds. The molecule has 2 aliphatic rings. The molecule has 0 aromatic carbocycles. The first-order valence-corrected chi connectivity index (χ1v) is 6.58. The predicted molar refractivity (Wildman–Crippen MR) is 61.4 cm³/mol. The molecule has 0 aromatic heterocycles. The zero-order valence-corrected chi connectivity index (χ0v) is 9.60. The summed E-state index contributed by atoms with van der Waals surface area (Å²) in [6.45, 7) is 3.71. The first kappa shape index (κ1) is 10.5. The Labute approximate surface area is 88.7 Å². The molecule has 0 heterocycles. The number of hydrogen-bond donors (Lipinski definition) is 1. The van der Waals surface area contributed by atoms with Crippen LogP contribution >= 0.6 is 0 Å². The van der Waals surface area contributed by atoms with Crippen LogP contribution in [-0.2, 0) is 0 Å². The Balaban J connectivity index is 1.60. The van der Waals surface area contributed by atoms with E-state index in [4.69, 9.17) is 0 Å². The fourth-order valence-electron chi connectivity index (χ4n) is 3.00. The second-order valence-corrected chi connectivity index (χ2v) is 5.52. The molecule has 0 aromatic rings. The number of rotatable bonds is 3. The molecule has 0 spiro atoms. The van der Waals surface area contributed by atoms with Crippen LogP contribution in [-0.4, -0.2) is 12.6 Å². The van der Waals surface area contributed by atoms with Gasteiger partial charge in [-0.1, -0.05) is 32.6 Å². The van der Waals surface area contributed by atoms with E-state index in [2.05, 4.69) is 12.2 Å². The van der Waals surface area contributed by atoms with Gasteiger partial charge in [0, 0.05) is 6.04 Å². The van der Waals surface area contributed by atoms with Crippen molar-refractivity contribution in [2.24, 2.45) is 11.8 Å². The van der Waals surface area contributed by atoms with Crippen LogP contribution in [0.25, 0.3) is 0 Å². The van der Waals surface area contributed by atoms with Crippen LogP contribution < -0.4 is 5.32 Å². The van der Waals surface area contributed by atoms with Crippen molar-refractivity contribution in [3.63, 3.8) is 0 Å². The molecular formula is C13H25N. The molecule has 0 aliphatic heterocycles. The van der Waals surface area contributed by atoms with Gasteiger partial charge in [-0.15, -0.1) is 0 Å². The first-order valence-electron chi connectivity index (χ1n) is 6.58. The van der Waals surface area contributed by atoms with Crippen molar-refractivity contribution < 1.29 is 0 Å². The summed E-state index contributed by atoms with van der Waals surface area (Å²) in [6.07, 6.45) is 11.7. The lowest BCUT2D eigenvalue weighted by atomic mass is 9.83. The van der Waals surface area contributed by atoms with E-state index in [1.54, 1.807) is 0 Å². The van der Waals surface area contributed by atoms with E-state index < -0.39 is 0 Å². The Kier molecular flexibility index (Phi) is 3.86. The van der Waals surface area contributed by atoms with E-state index in [9.17, 15) is 0 Å². The van der Waals surface area contributed by atoms with Gasteiger partial charge in [-0.3, -0.25) is 0 Å². The van der Waals surface area contributed by atoms with Crippen molar-refractivity contribution in [1.29, 1.82) is 0 Å². The fraction of sp³-hybridized carbons (Fsp3) is 1.00. The summed E-state index contributed by atoms with van der Waals surface area (Å²) in [5, 5.41) is 3.77. The molecule has 0 bridgehead atoms. The minimum absolute atomic E-state index is 0.870. The molecule has 0 unspecified atom stereocenters. The third kappa shape index (κ3) is 2.98. The molecular weight excluding hydrogens is 170 g/mol. The van der Waals surface area contributed by atoms with Gasteiger partial charge in [-0.05, 0) is 44.1 Å². The highest BCUT2D eigenvalue weighted by atomic mass is 14.9. The van der Waals surface area contributed by atoms with Gasteiger partial charge < -0.3 is 5.32 Å². The average Bonchev–Trinajstić information content (AvgIpc) is 2.70. The average molecular weight is 195 g/mol. The van der Waals surface area contributed by atoms with Gasteiger partial charge in [0.05, 0.1) is 0 Å². The van der Waals surface area contributed by atoms with Crippen molar-refractivity contribution in [2.45, 2.75) is 64.3 Å². The third-order valence-corrected chi connectivity index (χ3v) is 4.19. The van der Waals surface area contributed by atoms with Crippen LogP contribution in [0.5, 0.6) is 0 Å². The lowest BCUT2D eigenvalue weighted by Crippen LogP contribution is -2.32. The minimum Gasteiger partial charge on any atom is -0.314 e. The van der Waals surface area contributed by atoms with E-state index in [-0.39, 0.29) is 0 Å². The van der Waals surface area contributed by atoms with Gasteiger partial charge in [0.15, 0.2) is 0 Å². The van der Waals surface area contributed by atoms with E-state index in [0.29, 0.717) is 0 Å². The normalized spacial score (nSPS) is 34.9. The highest BCUT2D eigenvalue weighted by molar-refractivity contribution is 4.77. The molecule has 0 radical (unpaired) electrons. The summed E-state index contributed by atoms with van der Waals surface area (Å²) >= 11 is 0. The van der Waals surface area contributed by atoms with Crippen molar-refractivity contribution >= 4 is 0 Å². The molecule has 2 saturated carbocycles. The summed E-state index contributed by atoms with van der Waals surface area (Å²) < 4.78 is 0. The Morgan fingerprint density at radius 2 is 1.57 bits per heavy atom. The molecule has 2 aliphatic carbocycles. The zero-order valence-electron chi connectivity index (χ0n) is 9.60. The molecule has 1 nitrogen and oxygen atoms in total. The van der Waals surface area contributed by atoms with Crippen LogP contribution in [0.4, 0.5) is 0 Å². The second kappa shape index (κ2) is 5.16. The third-order valence-electron chi connectivity index (χ3n) is 4.19. The molecule has 1 N–H and O–H groups in total. The van der Waals surface area contributed by atoms with Gasteiger partial charge in [-0.25, -0.2) is 0 Å². The standard InChI is InChI=1S/C13H25N/c1-11-6-8-12(9-7-11)10-14-13-4-2-3-5-13/h11-14H,2-10H2,1H3. The van der Waals surface area contributed by atoms with Crippen LogP contribution in [0, 0.1) is 11.8 Å². The first-order chi connectivity index (χ1) is 6.84. The van der Waals surface area contributed by atoms with Crippen molar-refractivity contribution in [2.75, 3.05) is 6.54 Å². The van der Waals surface area contributed by atoms with E-state index in [0.717, 1.165) is 17.9 Å². The largest absolute Gasteiger partial charge is 0.314 e. The van der Waals surface area contributed by atoms with Crippen molar-refractivity contribution in [3.05, 3.63) is 0 Å². The fourth-order valence-corrected chi connectivity index (χ4v) is 3.00. The van der Waals surface area contributed by atoms with E-state index in [1.165, 1.54) is 57.9 Å². The van der Waals surface area contributed by atoms with Gasteiger partial charge in [-0.2, -0.15) is 0 Å². The Hall–Kier alpha value is -0.0400. The molecule has 82 valence electrons. The van der Waals surface area contributed by atoms with Crippen LogP contribution in [0.15, 0.2) is 0 Å². The zero-order chi connectivity index (χ0) is 9.80.